The number of methoxy groups -OCH3 is 4. The maximum Gasteiger partial charge on any atom is 0.524 e. The van der Waals surface area contributed by atoms with Crippen LogP contribution >= 0.6 is 19.6 Å². The minimum absolute atomic E-state index is 0.0126. The van der Waals surface area contributed by atoms with Crippen LogP contribution in [0.1, 0.15) is 11.1 Å². The molecule has 0 atom stereocenters. The summed E-state index contributed by atoms with van der Waals surface area (Å²) < 4.78 is 36.9. The Morgan fingerprint density at radius 2 is 1.52 bits per heavy atom. The van der Waals surface area contributed by atoms with Gasteiger partial charge in [-0.15, -0.1) is 11.8 Å². The lowest BCUT2D eigenvalue weighted by molar-refractivity contribution is 0.276. The molecule has 0 aromatic heterocycles. The topological polar surface area (TPSA) is 104 Å². The number of phosphoric acid groups is 1. The quantitative estimate of drug-likeness (QED) is 0.526. The molecule has 0 bridgehead atoms. The molecule has 0 aliphatic carbocycles. The maximum atomic E-state index is 11.1. The molecule has 0 unspecified atom stereocenters. The van der Waals surface area contributed by atoms with E-state index in [0.29, 0.717) is 23.0 Å². The summed E-state index contributed by atoms with van der Waals surface area (Å²) in [5.41, 5.74) is 1.57. The van der Waals surface area contributed by atoms with Gasteiger partial charge in [0.25, 0.3) is 0 Å². The molecule has 2 aromatic rings. The lowest BCUT2D eigenvalue weighted by Crippen LogP contribution is -1.95. The highest BCUT2D eigenvalue weighted by Gasteiger charge is 2.19. The average Bonchev–Trinajstić information content (AvgIpc) is 2.69. The summed E-state index contributed by atoms with van der Waals surface area (Å²) in [5.74, 6) is 2.62. The number of thioether (sulfide) groups is 1. The van der Waals surface area contributed by atoms with Crippen molar-refractivity contribution in [3.63, 3.8) is 0 Å². The van der Waals surface area contributed by atoms with Crippen molar-refractivity contribution in [3.05, 3.63) is 46.9 Å². The molecule has 0 saturated heterocycles. The standard InChI is InChI=1S/C19H23O8PS/c1-23-14-10-17(25-3)15(18(11-14)26-4)7-8-29-12-13-5-6-16(24-2)19(9-13)27-28(20,21)22/h5-11H,12H2,1-4H3,(H2,20,21,22)/b8-7-. The van der Waals surface area contributed by atoms with Gasteiger partial charge in [-0.25, -0.2) is 4.57 Å². The third-order valence-electron chi connectivity index (χ3n) is 3.78. The highest BCUT2D eigenvalue weighted by molar-refractivity contribution is 8.01. The van der Waals surface area contributed by atoms with Crippen LogP contribution in [0.2, 0.25) is 0 Å². The van der Waals surface area contributed by atoms with Gasteiger partial charge in [0.1, 0.15) is 17.2 Å². The molecule has 8 nitrogen and oxygen atoms in total. The first-order chi connectivity index (χ1) is 13.8. The van der Waals surface area contributed by atoms with E-state index in [2.05, 4.69) is 0 Å². The predicted molar refractivity (Wildman–Crippen MR) is 112 cm³/mol. The van der Waals surface area contributed by atoms with Gasteiger partial charge in [-0.1, -0.05) is 6.07 Å². The Balaban J connectivity index is 2.15. The van der Waals surface area contributed by atoms with Crippen LogP contribution in [0.5, 0.6) is 28.7 Å². The van der Waals surface area contributed by atoms with Gasteiger partial charge >= 0.3 is 7.82 Å². The summed E-state index contributed by atoms with van der Waals surface area (Å²) in [5, 5.41) is 1.88. The van der Waals surface area contributed by atoms with Gasteiger partial charge < -0.3 is 23.5 Å². The third kappa shape index (κ3) is 6.61. The van der Waals surface area contributed by atoms with E-state index in [1.165, 1.54) is 24.9 Å². The third-order valence-corrected chi connectivity index (χ3v) is 5.04. The normalized spacial score (nSPS) is 11.4. The van der Waals surface area contributed by atoms with Crippen molar-refractivity contribution in [2.45, 2.75) is 5.75 Å². The molecular weight excluding hydrogens is 419 g/mol. The van der Waals surface area contributed by atoms with Gasteiger partial charge in [-0.3, -0.25) is 9.79 Å². The second kappa shape index (κ2) is 10.5. The van der Waals surface area contributed by atoms with Crippen molar-refractivity contribution < 1.29 is 37.8 Å². The van der Waals surface area contributed by atoms with E-state index in [9.17, 15) is 4.57 Å². The van der Waals surface area contributed by atoms with Crippen LogP contribution in [0.15, 0.2) is 35.7 Å². The summed E-state index contributed by atoms with van der Waals surface area (Å²) in [7, 11) is 1.42. The fourth-order valence-electron chi connectivity index (χ4n) is 2.47. The molecule has 10 heteroatoms. The van der Waals surface area contributed by atoms with Gasteiger partial charge in [-0.05, 0) is 29.2 Å². The van der Waals surface area contributed by atoms with E-state index in [4.69, 9.17) is 33.3 Å². The van der Waals surface area contributed by atoms with Crippen molar-refractivity contribution in [2.24, 2.45) is 0 Å². The lowest BCUT2D eigenvalue weighted by Gasteiger charge is -2.13. The summed E-state index contributed by atoms with van der Waals surface area (Å²) in [4.78, 5) is 18.1. The summed E-state index contributed by atoms with van der Waals surface area (Å²) in [6, 6.07) is 8.46. The van der Waals surface area contributed by atoms with Crippen molar-refractivity contribution in [3.8, 4) is 28.7 Å². The summed E-state index contributed by atoms with van der Waals surface area (Å²) >= 11 is 1.48. The number of hydrogen-bond donors (Lipinski definition) is 2. The molecule has 2 N–H and O–H groups in total. The van der Waals surface area contributed by atoms with Gasteiger partial charge in [-0.2, -0.15) is 0 Å². The smallest absolute Gasteiger partial charge is 0.496 e. The zero-order valence-electron chi connectivity index (χ0n) is 16.4. The number of benzene rings is 2. The van der Waals surface area contributed by atoms with E-state index in [-0.39, 0.29) is 11.5 Å². The molecule has 0 aliphatic rings. The Labute approximate surface area is 173 Å². The first-order valence-corrected chi connectivity index (χ1v) is 10.9. The lowest BCUT2D eigenvalue weighted by atomic mass is 10.1. The summed E-state index contributed by atoms with van der Waals surface area (Å²) in [6.07, 6.45) is 1.86. The fourth-order valence-corrected chi connectivity index (χ4v) is 3.57. The highest BCUT2D eigenvalue weighted by atomic mass is 32.2. The van der Waals surface area contributed by atoms with E-state index in [1.54, 1.807) is 45.6 Å². The largest absolute Gasteiger partial charge is 0.524 e. The van der Waals surface area contributed by atoms with Gasteiger partial charge in [0, 0.05) is 17.9 Å². The molecule has 2 rings (SSSR count). The van der Waals surface area contributed by atoms with Crippen LogP contribution in [0, 0.1) is 0 Å². The predicted octanol–water partition coefficient (Wildman–Crippen LogP) is 4.10. The van der Waals surface area contributed by atoms with Crippen LogP contribution in [0.4, 0.5) is 0 Å². The second-order valence-electron chi connectivity index (χ2n) is 5.63. The second-order valence-corrected chi connectivity index (χ2v) is 7.68. The zero-order chi connectivity index (χ0) is 21.4. The molecule has 0 spiro atoms. The van der Waals surface area contributed by atoms with E-state index < -0.39 is 7.82 Å². The van der Waals surface area contributed by atoms with Gasteiger partial charge in [0.2, 0.25) is 0 Å². The van der Waals surface area contributed by atoms with Crippen molar-refractivity contribution in [1.82, 2.24) is 0 Å². The van der Waals surface area contributed by atoms with Crippen LogP contribution < -0.4 is 23.5 Å². The molecule has 158 valence electrons. The Morgan fingerprint density at radius 3 is 2.03 bits per heavy atom. The van der Waals surface area contributed by atoms with E-state index in [0.717, 1.165) is 11.1 Å². The number of ether oxygens (including phenoxy) is 4. The van der Waals surface area contributed by atoms with E-state index in [1.807, 2.05) is 11.5 Å². The van der Waals surface area contributed by atoms with Gasteiger partial charge in [0.05, 0.1) is 34.0 Å². The molecule has 0 radical (unpaired) electrons. The van der Waals surface area contributed by atoms with E-state index >= 15 is 0 Å². The average molecular weight is 442 g/mol. The summed E-state index contributed by atoms with van der Waals surface area (Å²) in [6.45, 7) is 0. The molecule has 0 saturated carbocycles. The molecular formula is C19H23O8PS. The molecule has 0 aliphatic heterocycles. The van der Waals surface area contributed by atoms with Gasteiger partial charge in [0.15, 0.2) is 11.5 Å². The first kappa shape index (κ1) is 23.0. The maximum absolute atomic E-state index is 11.1. The first-order valence-electron chi connectivity index (χ1n) is 8.31. The molecule has 0 heterocycles. The minimum Gasteiger partial charge on any atom is -0.496 e. The molecule has 0 amide bonds. The Kier molecular flexibility index (Phi) is 8.28. The monoisotopic (exact) mass is 442 g/mol. The number of phosphoric ester groups is 1. The van der Waals surface area contributed by atoms with Crippen molar-refractivity contribution >= 4 is 25.7 Å². The van der Waals surface area contributed by atoms with Crippen LogP contribution in [0.3, 0.4) is 0 Å². The molecule has 29 heavy (non-hydrogen) atoms. The molecule has 2 aromatic carbocycles. The van der Waals surface area contributed by atoms with Crippen LogP contribution in [0.25, 0.3) is 6.08 Å². The molecule has 0 fully saturated rings. The highest BCUT2D eigenvalue weighted by Crippen LogP contribution is 2.42. The Hall–Kier alpha value is -2.32. The fraction of sp³-hybridized carbons (Fsp3) is 0.263. The Bertz CT molecular complexity index is 884. The zero-order valence-corrected chi connectivity index (χ0v) is 18.2. The van der Waals surface area contributed by atoms with Crippen molar-refractivity contribution in [1.29, 1.82) is 0 Å². The number of rotatable bonds is 10. The SMILES string of the molecule is COc1cc(OC)c(/C=C\SCc2ccc(OC)c(OP(=O)(O)O)c2)c(OC)c1. The van der Waals surface area contributed by atoms with Crippen LogP contribution in [-0.2, 0) is 10.3 Å². The minimum atomic E-state index is -4.68. The van der Waals surface area contributed by atoms with Crippen LogP contribution in [-0.4, -0.2) is 38.2 Å². The number of hydrogen-bond acceptors (Lipinski definition) is 7. The van der Waals surface area contributed by atoms with Crippen molar-refractivity contribution in [2.75, 3.05) is 28.4 Å². The Morgan fingerprint density at radius 1 is 0.897 bits per heavy atom.